The van der Waals surface area contributed by atoms with Crippen molar-refractivity contribution in [1.82, 2.24) is 14.6 Å². The second-order valence-corrected chi connectivity index (χ2v) is 12.6. The van der Waals surface area contributed by atoms with E-state index in [1.54, 1.807) is 13.8 Å². The first-order valence-corrected chi connectivity index (χ1v) is 15.4. The standard InChI is InChI=1S/C28H35FN3O12P/c1-15(2)41-23(35)16(3)31-45(38,43-18-9-7-17(13-19(18)39-5)8-10-22(34)40-6)44-20-14-28(20)24(36)27(4,29)25(42-28)32-12-11-21(33)30-26(32)37/h7-13,15-16,20,24-25,36H,14H2,1-6H3,(H,31,38)(H,30,33,37)/b10-8+/t16-,20+,24-,25+,27+,28?,45?/m0/s1. The third-order valence-electron chi connectivity index (χ3n) is 7.15. The van der Waals surface area contributed by atoms with Crippen LogP contribution in [0.5, 0.6) is 11.5 Å². The third kappa shape index (κ3) is 7.20. The van der Waals surface area contributed by atoms with Gasteiger partial charge in [0.1, 0.15) is 23.9 Å². The van der Waals surface area contributed by atoms with E-state index < -0.39 is 72.8 Å². The Hall–Kier alpha value is -3.82. The summed E-state index contributed by atoms with van der Waals surface area (Å²) in [7, 11) is -2.04. The summed E-state index contributed by atoms with van der Waals surface area (Å²) in [6.07, 6.45) is -1.79. The molecule has 15 nitrogen and oxygen atoms in total. The first-order chi connectivity index (χ1) is 21.0. The summed E-state index contributed by atoms with van der Waals surface area (Å²) in [4.78, 5) is 50.0. The highest BCUT2D eigenvalue weighted by Crippen LogP contribution is 2.63. The highest BCUT2D eigenvalue weighted by atomic mass is 31.2. The fourth-order valence-corrected chi connectivity index (χ4v) is 6.54. The van der Waals surface area contributed by atoms with Gasteiger partial charge in [0.25, 0.3) is 5.56 Å². The van der Waals surface area contributed by atoms with Gasteiger partial charge in [0.15, 0.2) is 23.4 Å². The molecule has 1 saturated carbocycles. The van der Waals surface area contributed by atoms with Gasteiger partial charge < -0.3 is 28.6 Å². The van der Waals surface area contributed by atoms with Crippen molar-refractivity contribution in [2.75, 3.05) is 14.2 Å². The van der Waals surface area contributed by atoms with Crippen molar-refractivity contribution in [3.05, 3.63) is 62.9 Å². The number of aliphatic hydroxyl groups excluding tert-OH is 1. The maximum Gasteiger partial charge on any atom is 0.459 e. The average Bonchev–Trinajstić information content (AvgIpc) is 3.61. The van der Waals surface area contributed by atoms with E-state index in [-0.39, 0.29) is 17.9 Å². The van der Waals surface area contributed by atoms with Crippen LogP contribution in [-0.2, 0) is 32.9 Å². The lowest BCUT2D eigenvalue weighted by molar-refractivity contribution is -0.149. The highest BCUT2D eigenvalue weighted by Gasteiger charge is 2.76. The molecule has 2 aliphatic rings. The minimum absolute atomic E-state index is 0.0709. The summed E-state index contributed by atoms with van der Waals surface area (Å²) in [5, 5.41) is 13.5. The zero-order chi connectivity index (χ0) is 33.3. The minimum Gasteiger partial charge on any atom is -0.493 e. The number of alkyl halides is 1. The van der Waals surface area contributed by atoms with E-state index in [0.29, 0.717) is 5.56 Å². The fraction of sp³-hybridized carbons (Fsp3) is 0.500. The molecule has 17 heteroatoms. The van der Waals surface area contributed by atoms with Gasteiger partial charge in [-0.2, -0.15) is 5.09 Å². The Labute approximate surface area is 256 Å². The Morgan fingerprint density at radius 3 is 2.56 bits per heavy atom. The molecule has 45 heavy (non-hydrogen) atoms. The quantitative estimate of drug-likeness (QED) is 0.171. The van der Waals surface area contributed by atoms with Crippen LogP contribution in [0, 0.1) is 0 Å². The van der Waals surface area contributed by atoms with Crippen LogP contribution in [0.25, 0.3) is 6.08 Å². The fourth-order valence-electron chi connectivity index (χ4n) is 4.81. The number of aromatic amines is 1. The van der Waals surface area contributed by atoms with E-state index in [1.807, 2.05) is 4.98 Å². The number of hydrogen-bond donors (Lipinski definition) is 3. The van der Waals surface area contributed by atoms with Gasteiger partial charge in [0.2, 0.25) is 0 Å². The van der Waals surface area contributed by atoms with Crippen LogP contribution in [0.2, 0.25) is 0 Å². The molecule has 1 aromatic heterocycles. The van der Waals surface area contributed by atoms with Crippen molar-refractivity contribution < 1.29 is 51.6 Å². The Balaban J connectivity index is 1.63. The number of carbonyl (C=O) groups excluding carboxylic acids is 2. The lowest BCUT2D eigenvalue weighted by Gasteiger charge is -2.25. The van der Waals surface area contributed by atoms with Crippen LogP contribution in [0.4, 0.5) is 4.39 Å². The van der Waals surface area contributed by atoms with Crippen LogP contribution in [0.15, 0.2) is 46.1 Å². The SMILES string of the molecule is COC(=O)/C=C/c1ccc(OP(=O)(N[C@@H](C)C(=O)OC(C)C)O[C@@H]2CC23O[C@@H](n2ccc(=O)[nH]c2=O)[C@](C)(F)[C@@H]3O)c(OC)c1. The molecule has 1 spiro atoms. The lowest BCUT2D eigenvalue weighted by atomic mass is 9.97. The smallest absolute Gasteiger partial charge is 0.459 e. The first-order valence-electron chi connectivity index (χ1n) is 13.8. The molecule has 0 amide bonds. The Kier molecular flexibility index (Phi) is 9.75. The van der Waals surface area contributed by atoms with Crippen molar-refractivity contribution in [1.29, 1.82) is 0 Å². The summed E-state index contributed by atoms with van der Waals surface area (Å²) in [6.45, 7) is 5.64. The normalized spacial score (nSPS) is 27.7. The summed E-state index contributed by atoms with van der Waals surface area (Å²) in [6, 6.07) is 4.13. The van der Waals surface area contributed by atoms with Gasteiger partial charge >= 0.3 is 25.4 Å². The van der Waals surface area contributed by atoms with E-state index in [0.717, 1.165) is 23.8 Å². The molecule has 1 saturated heterocycles. The summed E-state index contributed by atoms with van der Waals surface area (Å²) in [5.74, 6) is -1.39. The number of aliphatic hydroxyl groups is 1. The van der Waals surface area contributed by atoms with E-state index in [9.17, 15) is 28.8 Å². The molecule has 3 N–H and O–H groups in total. The van der Waals surface area contributed by atoms with Crippen LogP contribution >= 0.6 is 7.75 Å². The zero-order valence-electron chi connectivity index (χ0n) is 25.3. The highest BCUT2D eigenvalue weighted by molar-refractivity contribution is 7.52. The van der Waals surface area contributed by atoms with Crippen LogP contribution in [0.3, 0.4) is 0 Å². The first kappa shape index (κ1) is 34.1. The molecule has 1 aliphatic carbocycles. The molecule has 4 rings (SSSR count). The number of nitrogens with zero attached hydrogens (tertiary/aromatic N) is 1. The van der Waals surface area contributed by atoms with E-state index in [2.05, 4.69) is 9.82 Å². The Morgan fingerprint density at radius 1 is 1.22 bits per heavy atom. The lowest BCUT2D eigenvalue weighted by Crippen LogP contribution is -2.44. The molecule has 0 bridgehead atoms. The van der Waals surface area contributed by atoms with Gasteiger partial charge in [-0.15, -0.1) is 0 Å². The van der Waals surface area contributed by atoms with Gasteiger partial charge in [-0.3, -0.25) is 23.7 Å². The van der Waals surface area contributed by atoms with Crippen molar-refractivity contribution in [2.24, 2.45) is 0 Å². The summed E-state index contributed by atoms with van der Waals surface area (Å²) in [5.41, 5.74) is -5.50. The second-order valence-electron chi connectivity index (χ2n) is 11.0. The van der Waals surface area contributed by atoms with Crippen molar-refractivity contribution >= 4 is 25.8 Å². The number of hydrogen-bond acceptors (Lipinski definition) is 12. The zero-order valence-corrected chi connectivity index (χ0v) is 26.2. The molecule has 2 aromatic rings. The number of esters is 2. The molecule has 2 unspecified atom stereocenters. The third-order valence-corrected chi connectivity index (χ3v) is 8.82. The number of carbonyl (C=O) groups is 2. The Bertz CT molecular complexity index is 1640. The van der Waals surface area contributed by atoms with Gasteiger partial charge in [0.05, 0.1) is 20.3 Å². The second kappa shape index (κ2) is 12.9. The minimum atomic E-state index is -4.59. The van der Waals surface area contributed by atoms with Crippen LogP contribution in [-0.4, -0.2) is 76.4 Å². The van der Waals surface area contributed by atoms with Crippen molar-refractivity contribution in [2.45, 2.75) is 76.0 Å². The largest absolute Gasteiger partial charge is 0.493 e. The molecule has 246 valence electrons. The predicted octanol–water partition coefficient (Wildman–Crippen LogP) is 1.99. The molecule has 2 heterocycles. The average molecular weight is 656 g/mol. The van der Waals surface area contributed by atoms with E-state index in [1.165, 1.54) is 51.5 Å². The van der Waals surface area contributed by atoms with Crippen LogP contribution in [0.1, 0.15) is 45.9 Å². The number of halogens is 1. The molecule has 7 atom stereocenters. The number of methoxy groups -OCH3 is 2. The molecular weight excluding hydrogens is 620 g/mol. The predicted molar refractivity (Wildman–Crippen MR) is 155 cm³/mol. The number of benzene rings is 1. The number of nitrogens with one attached hydrogen (secondary N) is 2. The van der Waals surface area contributed by atoms with Gasteiger partial charge in [0, 0.05) is 24.8 Å². The number of aromatic nitrogens is 2. The number of H-pyrrole nitrogens is 1. The van der Waals surface area contributed by atoms with Gasteiger partial charge in [-0.1, -0.05) is 6.07 Å². The van der Waals surface area contributed by atoms with Gasteiger partial charge in [-0.25, -0.2) is 18.5 Å². The summed E-state index contributed by atoms with van der Waals surface area (Å²) < 4.78 is 63.6. The van der Waals surface area contributed by atoms with E-state index >= 15 is 4.39 Å². The monoisotopic (exact) mass is 655 g/mol. The van der Waals surface area contributed by atoms with Crippen molar-refractivity contribution in [3.63, 3.8) is 0 Å². The van der Waals surface area contributed by atoms with Crippen molar-refractivity contribution in [3.8, 4) is 11.5 Å². The summed E-state index contributed by atoms with van der Waals surface area (Å²) >= 11 is 0. The molecule has 2 fully saturated rings. The number of ether oxygens (including phenoxy) is 4. The van der Waals surface area contributed by atoms with Crippen LogP contribution < -0.4 is 25.6 Å². The maximum absolute atomic E-state index is 15.9. The molecule has 0 radical (unpaired) electrons. The molecule has 1 aliphatic heterocycles. The van der Waals surface area contributed by atoms with E-state index in [4.69, 9.17) is 23.3 Å². The number of rotatable bonds is 12. The topological polar surface area (TPSA) is 194 Å². The molecule has 1 aromatic carbocycles. The molecular formula is C28H35FN3O12P. The van der Waals surface area contributed by atoms with Gasteiger partial charge in [-0.05, 0) is 51.5 Å². The maximum atomic E-state index is 15.9. The Morgan fingerprint density at radius 2 is 1.93 bits per heavy atom.